The Bertz CT molecular complexity index is 1140. The summed E-state index contributed by atoms with van der Waals surface area (Å²) in [5.74, 6) is -0.132. The Morgan fingerprint density at radius 1 is 0.929 bits per heavy atom. The first-order chi connectivity index (χ1) is 13.7. The Morgan fingerprint density at radius 3 is 2.32 bits per heavy atom. The van der Waals surface area contributed by atoms with E-state index in [1.165, 1.54) is 11.8 Å². The van der Waals surface area contributed by atoms with E-state index in [0.717, 1.165) is 32.0 Å². The highest BCUT2D eigenvalue weighted by Crippen LogP contribution is 2.40. The van der Waals surface area contributed by atoms with Gasteiger partial charge >= 0.3 is 0 Å². The van der Waals surface area contributed by atoms with Gasteiger partial charge in [0.05, 0.1) is 21.7 Å². The monoisotopic (exact) mass is 404 g/mol. The van der Waals surface area contributed by atoms with Crippen molar-refractivity contribution >= 4 is 40.2 Å². The number of carbonyl (C=O) groups excluding carboxylic acids is 1. The Hall–Kier alpha value is -2.82. The van der Waals surface area contributed by atoms with E-state index in [0.29, 0.717) is 10.6 Å². The number of nitrogens with zero attached hydrogens (tertiary/aromatic N) is 1. The molecule has 0 atom stereocenters. The van der Waals surface area contributed by atoms with Gasteiger partial charge in [-0.15, -0.1) is 0 Å². The van der Waals surface area contributed by atoms with Gasteiger partial charge in [-0.25, -0.2) is 4.98 Å². The highest BCUT2D eigenvalue weighted by atomic mass is 35.5. The maximum Gasteiger partial charge on any atom is 0.252 e. The largest absolute Gasteiger partial charge is 0.355 e. The van der Waals surface area contributed by atoms with Crippen LogP contribution in [0.5, 0.6) is 0 Å². The van der Waals surface area contributed by atoms with Gasteiger partial charge in [-0.1, -0.05) is 71.9 Å². The third-order valence-corrected chi connectivity index (χ3v) is 5.74. The summed E-state index contributed by atoms with van der Waals surface area (Å²) >= 11 is 7.56. The summed E-state index contributed by atoms with van der Waals surface area (Å²) in [6.07, 6.45) is 0. The van der Waals surface area contributed by atoms with Crippen molar-refractivity contribution in [3.05, 3.63) is 89.4 Å². The number of rotatable bonds is 4. The normalized spacial score (nSPS) is 10.8. The molecule has 1 heterocycles. The zero-order chi connectivity index (χ0) is 19.5. The van der Waals surface area contributed by atoms with Crippen LogP contribution in [0.4, 0.5) is 0 Å². The number of para-hydroxylation sites is 1. The molecule has 1 aromatic heterocycles. The molecule has 1 N–H and O–H groups in total. The third-order valence-electron chi connectivity index (χ3n) is 4.38. The molecule has 0 aliphatic rings. The topological polar surface area (TPSA) is 42.0 Å². The second-order valence-electron chi connectivity index (χ2n) is 6.18. The molecule has 0 aliphatic carbocycles. The molecule has 0 saturated carbocycles. The summed E-state index contributed by atoms with van der Waals surface area (Å²) in [7, 11) is 1.65. The number of aromatic nitrogens is 1. The quantitative estimate of drug-likeness (QED) is 0.449. The number of benzene rings is 3. The van der Waals surface area contributed by atoms with Crippen molar-refractivity contribution < 1.29 is 4.79 Å². The zero-order valence-electron chi connectivity index (χ0n) is 15.1. The SMILES string of the molecule is CNC(=O)c1c(Sc2ccc(Cl)cc2)c(-c2ccccc2)nc2ccccc12. The molecule has 0 saturated heterocycles. The lowest BCUT2D eigenvalue weighted by Gasteiger charge is -2.16. The number of fused-ring (bicyclic) bond motifs is 1. The fourth-order valence-electron chi connectivity index (χ4n) is 3.06. The smallest absolute Gasteiger partial charge is 0.252 e. The van der Waals surface area contributed by atoms with Gasteiger partial charge in [0.2, 0.25) is 0 Å². The van der Waals surface area contributed by atoms with Crippen LogP contribution in [0.15, 0.2) is 88.7 Å². The van der Waals surface area contributed by atoms with Crippen molar-refractivity contribution in [2.24, 2.45) is 0 Å². The van der Waals surface area contributed by atoms with Gasteiger partial charge < -0.3 is 5.32 Å². The molecule has 0 bridgehead atoms. The van der Waals surface area contributed by atoms with E-state index >= 15 is 0 Å². The number of amides is 1. The van der Waals surface area contributed by atoms with E-state index in [-0.39, 0.29) is 5.91 Å². The average Bonchev–Trinajstić information content (AvgIpc) is 2.75. The maximum atomic E-state index is 12.9. The van der Waals surface area contributed by atoms with Crippen LogP contribution in [0.3, 0.4) is 0 Å². The fraction of sp³-hybridized carbons (Fsp3) is 0.0435. The predicted octanol–water partition coefficient (Wildman–Crippen LogP) is 6.07. The van der Waals surface area contributed by atoms with Crippen LogP contribution >= 0.6 is 23.4 Å². The molecule has 3 nitrogen and oxygen atoms in total. The number of nitrogens with one attached hydrogen (secondary N) is 1. The Balaban J connectivity index is 2.02. The van der Waals surface area contributed by atoms with Crippen molar-refractivity contribution in [3.8, 4) is 11.3 Å². The second kappa shape index (κ2) is 8.05. The Labute approximate surface area is 172 Å². The predicted molar refractivity (Wildman–Crippen MR) is 116 cm³/mol. The van der Waals surface area contributed by atoms with Gasteiger partial charge in [-0.05, 0) is 30.3 Å². The van der Waals surface area contributed by atoms with Gasteiger partial charge in [0, 0.05) is 27.9 Å². The summed E-state index contributed by atoms with van der Waals surface area (Å²) in [4.78, 5) is 19.6. The van der Waals surface area contributed by atoms with Crippen LogP contribution in [0.2, 0.25) is 5.02 Å². The maximum absolute atomic E-state index is 12.9. The lowest BCUT2D eigenvalue weighted by atomic mass is 10.0. The Morgan fingerprint density at radius 2 is 1.61 bits per heavy atom. The number of hydrogen-bond acceptors (Lipinski definition) is 3. The van der Waals surface area contributed by atoms with E-state index in [1.54, 1.807) is 7.05 Å². The summed E-state index contributed by atoms with van der Waals surface area (Å²) in [5, 5.41) is 4.29. The molecule has 0 fully saturated rings. The van der Waals surface area contributed by atoms with Crippen molar-refractivity contribution in [3.63, 3.8) is 0 Å². The number of pyridine rings is 1. The second-order valence-corrected chi connectivity index (χ2v) is 7.70. The zero-order valence-corrected chi connectivity index (χ0v) is 16.7. The van der Waals surface area contributed by atoms with E-state index in [9.17, 15) is 4.79 Å². The van der Waals surface area contributed by atoms with Gasteiger partial charge in [-0.2, -0.15) is 0 Å². The summed E-state index contributed by atoms with van der Waals surface area (Å²) in [6, 6.07) is 25.3. The first-order valence-corrected chi connectivity index (χ1v) is 10.0. The molecule has 1 amide bonds. The highest BCUT2D eigenvalue weighted by molar-refractivity contribution is 7.99. The van der Waals surface area contributed by atoms with Crippen molar-refractivity contribution in [2.45, 2.75) is 9.79 Å². The van der Waals surface area contributed by atoms with Crippen molar-refractivity contribution in [1.82, 2.24) is 10.3 Å². The minimum absolute atomic E-state index is 0.132. The first kappa shape index (κ1) is 18.5. The molecule has 3 aromatic carbocycles. The van der Waals surface area contributed by atoms with Crippen LogP contribution in [-0.4, -0.2) is 17.9 Å². The van der Waals surface area contributed by atoms with E-state index < -0.39 is 0 Å². The molecular formula is C23H17ClN2OS. The molecule has 138 valence electrons. The summed E-state index contributed by atoms with van der Waals surface area (Å²) in [6.45, 7) is 0. The minimum atomic E-state index is -0.132. The lowest BCUT2D eigenvalue weighted by molar-refractivity contribution is 0.0962. The molecule has 0 spiro atoms. The number of carbonyl (C=O) groups is 1. The molecule has 5 heteroatoms. The van der Waals surface area contributed by atoms with Gasteiger partial charge in [0.25, 0.3) is 5.91 Å². The van der Waals surface area contributed by atoms with Crippen LogP contribution in [-0.2, 0) is 0 Å². The standard InChI is InChI=1S/C23H17ClN2OS/c1-25-23(27)20-18-9-5-6-10-19(18)26-21(15-7-3-2-4-8-15)22(20)28-17-13-11-16(24)12-14-17/h2-14H,1H3,(H,25,27). The average molecular weight is 405 g/mol. The summed E-state index contributed by atoms with van der Waals surface area (Å²) in [5.41, 5.74) is 3.18. The molecule has 4 rings (SSSR count). The van der Waals surface area contributed by atoms with Crippen LogP contribution in [0.25, 0.3) is 22.2 Å². The van der Waals surface area contributed by atoms with E-state index in [4.69, 9.17) is 16.6 Å². The molecule has 28 heavy (non-hydrogen) atoms. The van der Waals surface area contributed by atoms with Crippen LogP contribution in [0, 0.1) is 0 Å². The van der Waals surface area contributed by atoms with Crippen LogP contribution < -0.4 is 5.32 Å². The lowest BCUT2D eigenvalue weighted by Crippen LogP contribution is -2.20. The third kappa shape index (κ3) is 3.61. The molecule has 0 aliphatic heterocycles. The number of hydrogen-bond donors (Lipinski definition) is 1. The van der Waals surface area contributed by atoms with Crippen molar-refractivity contribution in [2.75, 3.05) is 7.05 Å². The van der Waals surface area contributed by atoms with E-state index in [2.05, 4.69) is 5.32 Å². The number of halogens is 1. The molecular weight excluding hydrogens is 388 g/mol. The van der Waals surface area contributed by atoms with Gasteiger partial charge in [-0.3, -0.25) is 4.79 Å². The minimum Gasteiger partial charge on any atom is -0.355 e. The summed E-state index contributed by atoms with van der Waals surface area (Å²) < 4.78 is 0. The Kier molecular flexibility index (Phi) is 5.33. The molecule has 0 unspecified atom stereocenters. The first-order valence-electron chi connectivity index (χ1n) is 8.81. The molecule has 4 aromatic rings. The van der Waals surface area contributed by atoms with Crippen LogP contribution in [0.1, 0.15) is 10.4 Å². The highest BCUT2D eigenvalue weighted by Gasteiger charge is 2.21. The fourth-order valence-corrected chi connectivity index (χ4v) is 4.26. The van der Waals surface area contributed by atoms with Crippen molar-refractivity contribution in [1.29, 1.82) is 0 Å². The van der Waals surface area contributed by atoms with Gasteiger partial charge in [0.15, 0.2) is 0 Å². The molecule has 0 radical (unpaired) electrons. The van der Waals surface area contributed by atoms with E-state index in [1.807, 2.05) is 78.9 Å². The van der Waals surface area contributed by atoms with Gasteiger partial charge in [0.1, 0.15) is 0 Å².